The molecule has 0 aliphatic carbocycles. The van der Waals surface area contributed by atoms with Gasteiger partial charge in [-0.3, -0.25) is 24.1 Å². The smallest absolute Gasteiger partial charge is 0.261 e. The average molecular weight is 435 g/mol. The highest BCUT2D eigenvalue weighted by Gasteiger charge is 2.36. The number of carbonyl (C=O) groups excluding carboxylic acids is 4. The molecule has 166 valence electrons. The van der Waals surface area contributed by atoms with Crippen LogP contribution >= 0.6 is 0 Å². The van der Waals surface area contributed by atoms with Gasteiger partial charge in [-0.05, 0) is 37.3 Å². The molecule has 32 heavy (non-hydrogen) atoms. The number of amides is 4. The van der Waals surface area contributed by atoms with E-state index in [0.29, 0.717) is 48.6 Å². The summed E-state index contributed by atoms with van der Waals surface area (Å²) in [4.78, 5) is 55.1. The Bertz CT molecular complexity index is 1090. The third-order valence-electron chi connectivity index (χ3n) is 5.91. The fourth-order valence-corrected chi connectivity index (χ4v) is 4.07. The van der Waals surface area contributed by atoms with Crippen molar-refractivity contribution in [3.8, 4) is 5.75 Å². The molecule has 8 heteroatoms. The lowest BCUT2D eigenvalue weighted by atomic mass is 10.1. The molecule has 0 unspecified atom stereocenters. The van der Waals surface area contributed by atoms with Crippen molar-refractivity contribution in [1.29, 1.82) is 0 Å². The Labute approximate surface area is 186 Å². The number of rotatable bonds is 5. The lowest BCUT2D eigenvalue weighted by Gasteiger charge is -2.35. The Morgan fingerprint density at radius 2 is 1.59 bits per heavy atom. The van der Waals surface area contributed by atoms with E-state index in [1.54, 1.807) is 59.4 Å². The zero-order valence-electron chi connectivity index (χ0n) is 18.2. The van der Waals surface area contributed by atoms with Crippen molar-refractivity contribution in [2.45, 2.75) is 13.3 Å². The number of fused-ring (bicyclic) bond motifs is 1. The molecule has 2 aromatic rings. The molecule has 0 atom stereocenters. The van der Waals surface area contributed by atoms with Crippen LogP contribution in [-0.4, -0.2) is 78.2 Å². The number of hydrogen-bond acceptors (Lipinski definition) is 5. The zero-order valence-corrected chi connectivity index (χ0v) is 18.2. The number of methoxy groups -OCH3 is 1. The minimum Gasteiger partial charge on any atom is -0.497 e. The van der Waals surface area contributed by atoms with Gasteiger partial charge in [0.05, 0.1) is 18.2 Å². The van der Waals surface area contributed by atoms with Crippen molar-refractivity contribution in [2.75, 3.05) is 39.8 Å². The summed E-state index contributed by atoms with van der Waals surface area (Å²) in [6, 6.07) is 12.1. The molecule has 4 rings (SSSR count). The first-order valence-corrected chi connectivity index (χ1v) is 10.6. The van der Waals surface area contributed by atoms with Crippen LogP contribution in [0.25, 0.3) is 0 Å². The minimum absolute atomic E-state index is 0.0488. The summed E-state index contributed by atoms with van der Waals surface area (Å²) in [7, 11) is 1.55. The first kappa shape index (κ1) is 21.5. The Kier molecular flexibility index (Phi) is 5.94. The molecule has 2 aromatic carbocycles. The van der Waals surface area contributed by atoms with E-state index in [-0.39, 0.29) is 36.6 Å². The van der Waals surface area contributed by atoms with Gasteiger partial charge in [-0.2, -0.15) is 0 Å². The van der Waals surface area contributed by atoms with Crippen molar-refractivity contribution in [1.82, 2.24) is 14.7 Å². The van der Waals surface area contributed by atoms with Crippen LogP contribution in [-0.2, 0) is 4.79 Å². The molecule has 8 nitrogen and oxygen atoms in total. The number of nitrogens with zero attached hydrogens (tertiary/aromatic N) is 3. The van der Waals surface area contributed by atoms with E-state index in [0.717, 1.165) is 10.5 Å². The van der Waals surface area contributed by atoms with Gasteiger partial charge in [-0.25, -0.2) is 0 Å². The van der Waals surface area contributed by atoms with Crippen LogP contribution in [0.15, 0.2) is 42.5 Å². The number of benzene rings is 2. The molecule has 0 saturated carbocycles. The third-order valence-corrected chi connectivity index (χ3v) is 5.91. The van der Waals surface area contributed by atoms with E-state index in [4.69, 9.17) is 4.74 Å². The fraction of sp³-hybridized carbons (Fsp3) is 0.333. The van der Waals surface area contributed by atoms with Crippen molar-refractivity contribution in [2.24, 2.45) is 0 Å². The van der Waals surface area contributed by atoms with Gasteiger partial charge in [0.15, 0.2) is 0 Å². The van der Waals surface area contributed by atoms with Gasteiger partial charge in [-0.15, -0.1) is 0 Å². The van der Waals surface area contributed by atoms with E-state index in [2.05, 4.69) is 0 Å². The molecule has 0 radical (unpaired) electrons. The highest BCUT2D eigenvalue weighted by atomic mass is 16.5. The van der Waals surface area contributed by atoms with Crippen LogP contribution < -0.4 is 4.74 Å². The highest BCUT2D eigenvalue weighted by Crippen LogP contribution is 2.24. The second-order valence-electron chi connectivity index (χ2n) is 7.97. The first-order chi connectivity index (χ1) is 15.4. The molecular formula is C24H25N3O5. The highest BCUT2D eigenvalue weighted by molar-refractivity contribution is 6.21. The number of imide groups is 1. The van der Waals surface area contributed by atoms with Gasteiger partial charge in [0.25, 0.3) is 17.7 Å². The third kappa shape index (κ3) is 4.08. The molecule has 1 fully saturated rings. The predicted octanol–water partition coefficient (Wildman–Crippen LogP) is 1.97. The Morgan fingerprint density at radius 1 is 0.906 bits per heavy atom. The van der Waals surface area contributed by atoms with Crippen molar-refractivity contribution >= 4 is 23.6 Å². The summed E-state index contributed by atoms with van der Waals surface area (Å²) in [6.07, 6.45) is 0.0638. The summed E-state index contributed by atoms with van der Waals surface area (Å²) in [5.41, 5.74) is 2.24. The Morgan fingerprint density at radius 3 is 2.31 bits per heavy atom. The molecule has 2 aliphatic rings. The zero-order chi connectivity index (χ0) is 22.8. The molecule has 1 saturated heterocycles. The lowest BCUT2D eigenvalue weighted by molar-refractivity contribution is -0.132. The average Bonchev–Trinajstić information content (AvgIpc) is 3.05. The molecule has 0 bridgehead atoms. The van der Waals surface area contributed by atoms with Crippen LogP contribution in [0.4, 0.5) is 0 Å². The second kappa shape index (κ2) is 8.82. The molecular weight excluding hydrogens is 410 g/mol. The number of piperazine rings is 1. The number of hydrogen-bond donors (Lipinski definition) is 0. The van der Waals surface area contributed by atoms with Gasteiger partial charge < -0.3 is 14.5 Å². The Hall–Kier alpha value is -3.68. The van der Waals surface area contributed by atoms with E-state index in [1.807, 2.05) is 6.92 Å². The summed E-state index contributed by atoms with van der Waals surface area (Å²) in [5, 5.41) is 0. The summed E-state index contributed by atoms with van der Waals surface area (Å²) >= 11 is 0. The summed E-state index contributed by atoms with van der Waals surface area (Å²) < 4.78 is 5.18. The monoisotopic (exact) mass is 435 g/mol. The molecule has 4 amide bonds. The van der Waals surface area contributed by atoms with Crippen LogP contribution in [0.1, 0.15) is 43.1 Å². The Balaban J connectivity index is 1.30. The molecule has 2 heterocycles. The molecule has 0 aromatic heterocycles. The molecule has 2 aliphatic heterocycles. The van der Waals surface area contributed by atoms with Crippen LogP contribution in [0.2, 0.25) is 0 Å². The summed E-state index contributed by atoms with van der Waals surface area (Å²) in [5.74, 6) is -0.321. The molecule has 0 N–H and O–H groups in total. The van der Waals surface area contributed by atoms with Gasteiger partial charge in [-0.1, -0.05) is 17.7 Å². The SMILES string of the molecule is COc1cccc(C(=O)N2CCN(C(=O)CCN3C(=O)c4ccc(C)cc4C3=O)CC2)c1. The second-order valence-corrected chi connectivity index (χ2v) is 7.97. The van der Waals surface area contributed by atoms with Crippen LogP contribution in [0.5, 0.6) is 5.75 Å². The number of aryl methyl sites for hydroxylation is 1. The topological polar surface area (TPSA) is 87.2 Å². The maximum atomic E-state index is 12.7. The van der Waals surface area contributed by atoms with Gasteiger partial charge in [0.2, 0.25) is 5.91 Å². The van der Waals surface area contributed by atoms with Gasteiger partial charge >= 0.3 is 0 Å². The normalized spacial score (nSPS) is 15.8. The minimum atomic E-state index is -0.355. The quantitative estimate of drug-likeness (QED) is 0.671. The van der Waals surface area contributed by atoms with Crippen molar-refractivity contribution in [3.05, 3.63) is 64.7 Å². The fourth-order valence-electron chi connectivity index (χ4n) is 4.07. The largest absolute Gasteiger partial charge is 0.497 e. The maximum absolute atomic E-state index is 12.7. The van der Waals surface area contributed by atoms with E-state index < -0.39 is 0 Å². The van der Waals surface area contributed by atoms with Gasteiger partial charge in [0.1, 0.15) is 5.75 Å². The number of ether oxygens (including phenoxy) is 1. The van der Waals surface area contributed by atoms with E-state index in [1.165, 1.54) is 0 Å². The van der Waals surface area contributed by atoms with Crippen molar-refractivity contribution < 1.29 is 23.9 Å². The van der Waals surface area contributed by atoms with Gasteiger partial charge in [0, 0.05) is 44.7 Å². The predicted molar refractivity (Wildman–Crippen MR) is 117 cm³/mol. The maximum Gasteiger partial charge on any atom is 0.261 e. The summed E-state index contributed by atoms with van der Waals surface area (Å²) in [6.45, 7) is 3.59. The van der Waals surface area contributed by atoms with E-state index >= 15 is 0 Å². The van der Waals surface area contributed by atoms with Crippen LogP contribution in [0.3, 0.4) is 0 Å². The standard InChI is InChI=1S/C24H25N3O5/c1-16-6-7-19-20(14-16)24(31)27(23(19)30)9-8-21(28)25-10-12-26(13-11-25)22(29)17-4-3-5-18(15-17)32-2/h3-7,14-15H,8-13H2,1-2H3. The first-order valence-electron chi connectivity index (χ1n) is 10.6. The lowest BCUT2D eigenvalue weighted by Crippen LogP contribution is -2.51. The van der Waals surface area contributed by atoms with Crippen molar-refractivity contribution in [3.63, 3.8) is 0 Å². The van der Waals surface area contributed by atoms with E-state index in [9.17, 15) is 19.2 Å². The number of carbonyl (C=O) groups is 4. The molecule has 0 spiro atoms. The van der Waals surface area contributed by atoms with Crippen LogP contribution in [0, 0.1) is 6.92 Å².